The van der Waals surface area contributed by atoms with Gasteiger partial charge in [-0.1, -0.05) is 0 Å². The van der Waals surface area contributed by atoms with Crippen molar-refractivity contribution in [1.82, 2.24) is 5.32 Å². The third-order valence-electron chi connectivity index (χ3n) is 4.78. The van der Waals surface area contributed by atoms with Crippen LogP contribution in [0.1, 0.15) is 18.4 Å². The molecule has 0 bridgehead atoms. The van der Waals surface area contributed by atoms with Crippen LogP contribution in [0.15, 0.2) is 36.4 Å². The van der Waals surface area contributed by atoms with Gasteiger partial charge in [0.1, 0.15) is 23.9 Å². The quantitative estimate of drug-likeness (QED) is 0.414. The number of amides is 1. The predicted octanol–water partition coefficient (Wildman–Crippen LogP) is 2.39. The van der Waals surface area contributed by atoms with Crippen molar-refractivity contribution < 1.29 is 27.4 Å². The molecule has 0 radical (unpaired) electrons. The van der Waals surface area contributed by atoms with Gasteiger partial charge in [0.2, 0.25) is 15.9 Å². The highest BCUT2D eigenvalue weighted by Crippen LogP contribution is 2.38. The number of ether oxygens (including phenoxy) is 3. The molecular weight excluding hydrogens is 434 g/mol. The summed E-state index contributed by atoms with van der Waals surface area (Å²) in [7, 11) is -1.70. The molecule has 1 aliphatic heterocycles. The van der Waals surface area contributed by atoms with Crippen LogP contribution in [0.2, 0.25) is 0 Å². The number of methoxy groups -OCH3 is 1. The Morgan fingerprint density at radius 1 is 0.969 bits per heavy atom. The fourth-order valence-corrected chi connectivity index (χ4v) is 3.88. The van der Waals surface area contributed by atoms with Crippen LogP contribution in [-0.2, 0) is 21.2 Å². The zero-order valence-electron chi connectivity index (χ0n) is 18.3. The summed E-state index contributed by atoms with van der Waals surface area (Å²) in [4.78, 5) is 11.7. The summed E-state index contributed by atoms with van der Waals surface area (Å²) in [5.74, 6) is 2.07. The Morgan fingerprint density at radius 3 is 2.44 bits per heavy atom. The monoisotopic (exact) mass is 463 g/mol. The van der Waals surface area contributed by atoms with Crippen LogP contribution < -0.4 is 29.6 Å². The van der Waals surface area contributed by atoms with Crippen molar-refractivity contribution in [2.45, 2.75) is 19.3 Å². The molecule has 0 saturated heterocycles. The highest BCUT2D eigenvalue weighted by molar-refractivity contribution is 7.92. The lowest BCUT2D eigenvalue weighted by Crippen LogP contribution is -2.24. The summed E-state index contributed by atoms with van der Waals surface area (Å²) >= 11 is 0. The number of anilines is 2. The molecule has 0 saturated carbocycles. The highest BCUT2D eigenvalue weighted by Gasteiger charge is 2.22. The van der Waals surface area contributed by atoms with Crippen molar-refractivity contribution in [2.75, 3.05) is 49.7 Å². The molecule has 9 nitrogen and oxygen atoms in total. The summed E-state index contributed by atoms with van der Waals surface area (Å²) in [6.07, 6.45) is 2.99. The number of fused-ring (bicyclic) bond motifs is 1. The molecule has 174 valence electrons. The first kappa shape index (κ1) is 23.7. The van der Waals surface area contributed by atoms with E-state index in [4.69, 9.17) is 14.2 Å². The Bertz CT molecular complexity index is 1020. The van der Waals surface area contributed by atoms with Crippen LogP contribution in [0.25, 0.3) is 0 Å². The van der Waals surface area contributed by atoms with E-state index in [1.54, 1.807) is 37.4 Å². The molecule has 2 aromatic carbocycles. The average molecular weight is 464 g/mol. The smallest absolute Gasteiger partial charge is 0.229 e. The van der Waals surface area contributed by atoms with Gasteiger partial charge >= 0.3 is 0 Å². The molecule has 32 heavy (non-hydrogen) atoms. The van der Waals surface area contributed by atoms with Crippen molar-refractivity contribution in [3.8, 4) is 17.2 Å². The maximum Gasteiger partial charge on any atom is 0.229 e. The molecule has 0 aliphatic carbocycles. The predicted molar refractivity (Wildman–Crippen MR) is 123 cm³/mol. The second kappa shape index (κ2) is 11.1. The maximum absolute atomic E-state index is 11.7. The first-order valence-electron chi connectivity index (χ1n) is 10.4. The van der Waals surface area contributed by atoms with E-state index in [-0.39, 0.29) is 5.91 Å². The van der Waals surface area contributed by atoms with E-state index in [0.29, 0.717) is 55.5 Å². The van der Waals surface area contributed by atoms with E-state index in [1.165, 1.54) is 0 Å². The molecule has 3 rings (SSSR count). The Balaban J connectivity index is 1.33. The van der Waals surface area contributed by atoms with Gasteiger partial charge in [0, 0.05) is 24.2 Å². The van der Waals surface area contributed by atoms with E-state index >= 15 is 0 Å². The van der Waals surface area contributed by atoms with Gasteiger partial charge in [0.25, 0.3) is 0 Å². The zero-order chi connectivity index (χ0) is 23.0. The summed E-state index contributed by atoms with van der Waals surface area (Å²) in [5, 5.41) is 6.18. The number of carbonyl (C=O) groups is 1. The first-order valence-corrected chi connectivity index (χ1v) is 12.3. The van der Waals surface area contributed by atoms with Gasteiger partial charge in [-0.15, -0.1) is 0 Å². The molecule has 0 fully saturated rings. The number of sulfonamides is 1. The van der Waals surface area contributed by atoms with Crippen molar-refractivity contribution in [3.63, 3.8) is 0 Å². The summed E-state index contributed by atoms with van der Waals surface area (Å²) < 4.78 is 41.7. The minimum absolute atomic E-state index is 0.0154. The molecule has 0 atom stereocenters. The molecule has 10 heteroatoms. The molecule has 1 amide bonds. The minimum Gasteiger partial charge on any atom is -0.495 e. The fourth-order valence-electron chi connectivity index (χ4n) is 3.32. The van der Waals surface area contributed by atoms with Crippen LogP contribution in [0.5, 0.6) is 17.2 Å². The van der Waals surface area contributed by atoms with Gasteiger partial charge in [-0.05, 0) is 55.8 Å². The maximum atomic E-state index is 11.7. The molecule has 1 aliphatic rings. The van der Waals surface area contributed by atoms with Crippen molar-refractivity contribution >= 4 is 27.3 Å². The van der Waals surface area contributed by atoms with Gasteiger partial charge in [-0.3, -0.25) is 9.52 Å². The number of rotatable bonds is 12. The van der Waals surface area contributed by atoms with E-state index in [2.05, 4.69) is 15.4 Å². The molecule has 3 N–H and O–H groups in total. The van der Waals surface area contributed by atoms with Crippen molar-refractivity contribution in [1.29, 1.82) is 0 Å². The third-order valence-corrected chi connectivity index (χ3v) is 5.39. The first-order chi connectivity index (χ1) is 15.4. The summed E-state index contributed by atoms with van der Waals surface area (Å²) in [6.45, 7) is 2.49. The Kier molecular flexibility index (Phi) is 8.18. The standard InChI is InChI=1S/C22H29N3O6S/c1-29-20-10-9-19(18-8-11-21(26)24-22(18)20)31-15-13-23-12-3-14-30-17-6-4-16(5-7-17)25-32(2,27)28/h4-7,9-10,23,25H,3,8,11-15H2,1-2H3,(H,24,26). The number of benzene rings is 2. The van der Waals surface area contributed by atoms with Crippen LogP contribution in [0.3, 0.4) is 0 Å². The third kappa shape index (κ3) is 7.03. The second-order valence-electron chi connectivity index (χ2n) is 7.37. The molecule has 2 aromatic rings. The van der Waals surface area contributed by atoms with Crippen molar-refractivity contribution in [3.05, 3.63) is 42.0 Å². The SMILES string of the molecule is COc1ccc(OCCNCCCOc2ccc(NS(C)(=O)=O)cc2)c2c1NC(=O)CC2. The molecular formula is C22H29N3O6S. The zero-order valence-corrected chi connectivity index (χ0v) is 19.1. The van der Waals surface area contributed by atoms with Crippen LogP contribution in [-0.4, -0.2) is 54.0 Å². The number of hydrogen-bond donors (Lipinski definition) is 3. The van der Waals surface area contributed by atoms with Gasteiger partial charge in [-0.2, -0.15) is 0 Å². The number of hydrogen-bond acceptors (Lipinski definition) is 7. The second-order valence-corrected chi connectivity index (χ2v) is 9.12. The number of carbonyl (C=O) groups excluding carboxylic acids is 1. The highest BCUT2D eigenvalue weighted by atomic mass is 32.2. The minimum atomic E-state index is -3.28. The van der Waals surface area contributed by atoms with Gasteiger partial charge in [0.15, 0.2) is 0 Å². The number of nitrogens with one attached hydrogen (secondary N) is 3. The summed E-state index contributed by atoms with van der Waals surface area (Å²) in [6, 6.07) is 10.5. The topological polar surface area (TPSA) is 115 Å². The van der Waals surface area contributed by atoms with E-state index in [9.17, 15) is 13.2 Å². The van der Waals surface area contributed by atoms with Crippen LogP contribution in [0.4, 0.5) is 11.4 Å². The van der Waals surface area contributed by atoms with Gasteiger partial charge in [0.05, 0.1) is 25.7 Å². The Hall–Kier alpha value is -2.98. The normalized spacial score (nSPS) is 13.1. The lowest BCUT2D eigenvalue weighted by molar-refractivity contribution is -0.116. The van der Waals surface area contributed by atoms with E-state index in [0.717, 1.165) is 30.5 Å². The molecule has 0 spiro atoms. The van der Waals surface area contributed by atoms with Gasteiger partial charge in [-0.25, -0.2) is 8.42 Å². The van der Waals surface area contributed by atoms with Crippen molar-refractivity contribution in [2.24, 2.45) is 0 Å². The van der Waals surface area contributed by atoms with Crippen LogP contribution in [0, 0.1) is 0 Å². The van der Waals surface area contributed by atoms with Crippen LogP contribution >= 0.6 is 0 Å². The Morgan fingerprint density at radius 2 is 1.72 bits per heavy atom. The molecule has 1 heterocycles. The summed E-state index contributed by atoms with van der Waals surface area (Å²) in [5.41, 5.74) is 2.17. The lowest BCUT2D eigenvalue weighted by Gasteiger charge is -2.22. The molecule has 0 aromatic heterocycles. The largest absolute Gasteiger partial charge is 0.495 e. The van der Waals surface area contributed by atoms with Gasteiger partial charge < -0.3 is 24.8 Å². The lowest BCUT2D eigenvalue weighted by atomic mass is 10.0. The average Bonchev–Trinajstić information content (AvgIpc) is 2.75. The van der Waals surface area contributed by atoms with E-state index in [1.807, 2.05) is 6.07 Å². The fraction of sp³-hybridized carbons (Fsp3) is 0.409. The van der Waals surface area contributed by atoms with E-state index < -0.39 is 10.0 Å². The molecule has 0 unspecified atom stereocenters. The Labute approximate surface area is 188 Å².